The molecule has 0 saturated heterocycles. The lowest BCUT2D eigenvalue weighted by Gasteiger charge is -2.05. The molecule has 0 spiro atoms. The molecule has 2 N–H and O–H groups in total. The fourth-order valence-electron chi connectivity index (χ4n) is 1.60. The Hall–Kier alpha value is -1.81. The standard InChI is InChI=1S/C11H8ClNO3/c1-5-2-3-6-7(4-5)13-11(16)9(14)8(6)10(12)15/h2-4,14H,1H3,(H,13,16). The number of aromatic amines is 1. The first kappa shape index (κ1) is 10.7. The summed E-state index contributed by atoms with van der Waals surface area (Å²) in [6.45, 7) is 1.85. The van der Waals surface area contributed by atoms with Gasteiger partial charge in [-0.2, -0.15) is 0 Å². The Bertz CT molecular complexity index is 645. The maximum Gasteiger partial charge on any atom is 0.291 e. The number of pyridine rings is 1. The molecule has 0 fully saturated rings. The Labute approximate surface area is 95.5 Å². The van der Waals surface area contributed by atoms with E-state index in [4.69, 9.17) is 11.6 Å². The van der Waals surface area contributed by atoms with Crippen molar-refractivity contribution in [2.75, 3.05) is 0 Å². The Balaban J connectivity index is 3.00. The summed E-state index contributed by atoms with van der Waals surface area (Å²) in [4.78, 5) is 25.0. The number of H-pyrrole nitrogens is 1. The van der Waals surface area contributed by atoms with Crippen molar-refractivity contribution >= 4 is 27.7 Å². The molecule has 0 atom stereocenters. The van der Waals surface area contributed by atoms with Crippen LogP contribution in [0.2, 0.25) is 0 Å². The van der Waals surface area contributed by atoms with Gasteiger partial charge in [0.05, 0.1) is 5.56 Å². The van der Waals surface area contributed by atoms with Crippen molar-refractivity contribution in [2.45, 2.75) is 6.92 Å². The van der Waals surface area contributed by atoms with Crippen molar-refractivity contribution in [2.24, 2.45) is 0 Å². The summed E-state index contributed by atoms with van der Waals surface area (Å²) < 4.78 is 0. The molecule has 1 aromatic heterocycles. The van der Waals surface area contributed by atoms with Gasteiger partial charge < -0.3 is 10.1 Å². The molecule has 82 valence electrons. The topological polar surface area (TPSA) is 70.2 Å². The van der Waals surface area contributed by atoms with Gasteiger partial charge in [0.1, 0.15) is 0 Å². The number of nitrogens with one attached hydrogen (secondary N) is 1. The minimum atomic E-state index is -0.850. The third-order valence-electron chi connectivity index (χ3n) is 2.34. The molecule has 0 amide bonds. The van der Waals surface area contributed by atoms with E-state index in [1.807, 2.05) is 6.92 Å². The molecule has 2 aromatic rings. The molecule has 0 bridgehead atoms. The average molecular weight is 238 g/mol. The largest absolute Gasteiger partial charge is 0.502 e. The molecule has 1 aromatic carbocycles. The molecule has 0 unspecified atom stereocenters. The number of aromatic nitrogens is 1. The fraction of sp³-hybridized carbons (Fsp3) is 0.0909. The van der Waals surface area contributed by atoms with Crippen LogP contribution in [0.15, 0.2) is 23.0 Å². The number of carbonyl (C=O) groups is 1. The van der Waals surface area contributed by atoms with Crippen LogP contribution in [0.1, 0.15) is 15.9 Å². The first-order valence-electron chi connectivity index (χ1n) is 4.56. The van der Waals surface area contributed by atoms with Gasteiger partial charge in [0.25, 0.3) is 10.8 Å². The van der Waals surface area contributed by atoms with Crippen LogP contribution in [0.4, 0.5) is 0 Å². The molecule has 0 aliphatic carbocycles. The van der Waals surface area contributed by atoms with E-state index in [-0.39, 0.29) is 5.56 Å². The second-order valence-electron chi connectivity index (χ2n) is 3.50. The zero-order chi connectivity index (χ0) is 11.9. The minimum Gasteiger partial charge on any atom is -0.502 e. The van der Waals surface area contributed by atoms with Gasteiger partial charge in [0, 0.05) is 10.9 Å². The molecule has 1 heterocycles. The Kier molecular flexibility index (Phi) is 2.44. The maximum atomic E-state index is 11.4. The minimum absolute atomic E-state index is 0.152. The van der Waals surface area contributed by atoms with Crippen LogP contribution in [0, 0.1) is 6.92 Å². The number of aryl methyl sites for hydroxylation is 1. The average Bonchev–Trinajstić information content (AvgIpc) is 2.19. The number of fused-ring (bicyclic) bond motifs is 1. The summed E-state index contributed by atoms with van der Waals surface area (Å²) in [7, 11) is 0. The van der Waals surface area contributed by atoms with Crippen molar-refractivity contribution < 1.29 is 9.90 Å². The normalized spacial score (nSPS) is 10.6. The van der Waals surface area contributed by atoms with Gasteiger partial charge in [-0.15, -0.1) is 0 Å². The van der Waals surface area contributed by atoms with Gasteiger partial charge in [0.15, 0.2) is 5.75 Å². The summed E-state index contributed by atoms with van der Waals surface area (Å²) in [5.74, 6) is -0.642. The SMILES string of the molecule is Cc1ccc2c(C(=O)Cl)c(O)c(=O)[nH]c2c1. The van der Waals surface area contributed by atoms with Gasteiger partial charge in [-0.25, -0.2) is 0 Å². The highest BCUT2D eigenvalue weighted by atomic mass is 35.5. The highest BCUT2D eigenvalue weighted by Crippen LogP contribution is 2.24. The molecule has 5 heteroatoms. The lowest BCUT2D eigenvalue weighted by molar-refractivity contribution is 0.108. The van der Waals surface area contributed by atoms with Crippen LogP contribution in [0.25, 0.3) is 10.9 Å². The molecule has 2 rings (SSSR count). The Morgan fingerprint density at radius 2 is 2.12 bits per heavy atom. The van der Waals surface area contributed by atoms with E-state index in [0.717, 1.165) is 5.56 Å². The number of rotatable bonds is 1. The molecule has 4 nitrogen and oxygen atoms in total. The third-order valence-corrected chi connectivity index (χ3v) is 2.53. The summed E-state index contributed by atoms with van der Waals surface area (Å²) in [5.41, 5.74) is 0.538. The molecular weight excluding hydrogens is 230 g/mol. The Morgan fingerprint density at radius 1 is 1.44 bits per heavy atom. The van der Waals surface area contributed by atoms with Crippen LogP contribution in [0.3, 0.4) is 0 Å². The predicted molar refractivity (Wildman–Crippen MR) is 61.2 cm³/mol. The number of halogens is 1. The van der Waals surface area contributed by atoms with Crippen LogP contribution in [-0.2, 0) is 0 Å². The van der Waals surface area contributed by atoms with E-state index in [9.17, 15) is 14.7 Å². The molecule has 16 heavy (non-hydrogen) atoms. The van der Waals surface area contributed by atoms with Gasteiger partial charge in [-0.3, -0.25) is 9.59 Å². The van der Waals surface area contributed by atoms with E-state index < -0.39 is 16.6 Å². The van der Waals surface area contributed by atoms with E-state index >= 15 is 0 Å². The van der Waals surface area contributed by atoms with E-state index in [0.29, 0.717) is 10.9 Å². The van der Waals surface area contributed by atoms with Crippen LogP contribution in [0.5, 0.6) is 5.75 Å². The second-order valence-corrected chi connectivity index (χ2v) is 3.84. The van der Waals surface area contributed by atoms with Crippen molar-refractivity contribution in [3.63, 3.8) is 0 Å². The first-order chi connectivity index (χ1) is 7.50. The zero-order valence-corrected chi connectivity index (χ0v) is 9.13. The molecule has 0 saturated carbocycles. The lowest BCUT2D eigenvalue weighted by atomic mass is 10.1. The van der Waals surface area contributed by atoms with Gasteiger partial charge in [-0.05, 0) is 30.2 Å². The van der Waals surface area contributed by atoms with E-state index in [2.05, 4.69) is 4.98 Å². The molecule has 0 aliphatic heterocycles. The zero-order valence-electron chi connectivity index (χ0n) is 8.37. The smallest absolute Gasteiger partial charge is 0.291 e. The summed E-state index contributed by atoms with van der Waals surface area (Å²) >= 11 is 5.35. The number of hydrogen-bond acceptors (Lipinski definition) is 3. The Morgan fingerprint density at radius 3 is 2.75 bits per heavy atom. The number of carbonyl (C=O) groups excluding carboxylic acids is 1. The number of benzene rings is 1. The highest BCUT2D eigenvalue weighted by Gasteiger charge is 2.16. The summed E-state index contributed by atoms with van der Waals surface area (Å²) in [5, 5.41) is 9.07. The molecular formula is C11H8ClNO3. The molecule has 0 radical (unpaired) electrons. The van der Waals surface area contributed by atoms with Crippen molar-refractivity contribution in [3.8, 4) is 5.75 Å². The fourth-order valence-corrected chi connectivity index (χ4v) is 1.79. The second kappa shape index (κ2) is 3.64. The monoisotopic (exact) mass is 237 g/mol. The van der Waals surface area contributed by atoms with Gasteiger partial charge in [0.2, 0.25) is 0 Å². The van der Waals surface area contributed by atoms with Gasteiger partial charge in [-0.1, -0.05) is 12.1 Å². The first-order valence-corrected chi connectivity index (χ1v) is 4.94. The summed E-state index contributed by atoms with van der Waals surface area (Å²) in [6, 6.07) is 5.11. The van der Waals surface area contributed by atoms with Crippen molar-refractivity contribution in [1.29, 1.82) is 0 Å². The van der Waals surface area contributed by atoms with Gasteiger partial charge >= 0.3 is 0 Å². The van der Waals surface area contributed by atoms with Crippen LogP contribution >= 0.6 is 11.6 Å². The third kappa shape index (κ3) is 1.57. The van der Waals surface area contributed by atoms with Crippen LogP contribution < -0.4 is 5.56 Å². The lowest BCUT2D eigenvalue weighted by Crippen LogP contribution is -2.10. The van der Waals surface area contributed by atoms with E-state index in [1.165, 1.54) is 0 Å². The number of aromatic hydroxyl groups is 1. The summed E-state index contributed by atoms with van der Waals surface area (Å²) in [6.07, 6.45) is 0. The predicted octanol–water partition coefficient (Wildman–Crippen LogP) is 1.92. The number of hydrogen-bond donors (Lipinski definition) is 2. The van der Waals surface area contributed by atoms with Crippen LogP contribution in [-0.4, -0.2) is 15.3 Å². The molecule has 0 aliphatic rings. The maximum absolute atomic E-state index is 11.4. The van der Waals surface area contributed by atoms with E-state index in [1.54, 1.807) is 18.2 Å². The van der Waals surface area contributed by atoms with Crippen molar-refractivity contribution in [1.82, 2.24) is 4.98 Å². The highest BCUT2D eigenvalue weighted by molar-refractivity contribution is 6.69. The quantitative estimate of drug-likeness (QED) is 0.745. The van der Waals surface area contributed by atoms with Crippen molar-refractivity contribution in [3.05, 3.63) is 39.7 Å².